The van der Waals surface area contributed by atoms with E-state index in [0.717, 1.165) is 0 Å². The lowest BCUT2D eigenvalue weighted by molar-refractivity contribution is 0.396. The molecule has 1 aromatic rings. The van der Waals surface area contributed by atoms with Crippen molar-refractivity contribution in [2.24, 2.45) is 0 Å². The number of aromatic nitrogens is 2. The molecule has 0 aliphatic heterocycles. The zero-order valence-corrected chi connectivity index (χ0v) is 9.22. The highest BCUT2D eigenvalue weighted by Gasteiger charge is 1.93. The number of hydrogen-bond donors (Lipinski definition) is 0. The minimum atomic E-state index is 0.535. The van der Waals surface area contributed by atoms with Gasteiger partial charge in [0.25, 0.3) is 0 Å². The van der Waals surface area contributed by atoms with E-state index < -0.39 is 0 Å². The Morgan fingerprint density at radius 3 is 3.08 bits per heavy atom. The molecule has 0 bridgehead atoms. The average Bonchev–Trinajstić information content (AvgIpc) is 2.15. The Labute approximate surface area is 86.9 Å². The van der Waals surface area contributed by atoms with Gasteiger partial charge in [0.1, 0.15) is 12.0 Å². The number of rotatable bonds is 1. The van der Waals surface area contributed by atoms with Crippen molar-refractivity contribution in [1.29, 1.82) is 0 Å². The van der Waals surface area contributed by atoms with Gasteiger partial charge in [0, 0.05) is 27.3 Å². The van der Waals surface area contributed by atoms with Crippen LogP contribution in [-0.2, 0) is 0 Å². The smallest absolute Gasteiger partial charge is 0.217 e. The molecule has 0 atom stereocenters. The van der Waals surface area contributed by atoms with Gasteiger partial charge < -0.3 is 4.74 Å². The highest BCUT2D eigenvalue weighted by atomic mass is 127. The van der Waals surface area contributed by atoms with Crippen LogP contribution in [0, 0.1) is 11.2 Å². The topological polar surface area (TPSA) is 35.0 Å². The summed E-state index contributed by atoms with van der Waals surface area (Å²) >= 11 is 2.10. The van der Waals surface area contributed by atoms with E-state index in [1.807, 2.05) is 0 Å². The summed E-state index contributed by atoms with van der Waals surface area (Å²) < 4.78 is 4.91. The largest absolute Gasteiger partial charge is 0.481 e. The molecular weight excluding hydrogens is 287 g/mol. The molecule has 0 fully saturated rings. The second-order valence-corrected chi connectivity index (χ2v) is 3.43. The van der Waals surface area contributed by atoms with E-state index >= 15 is 0 Å². The number of halogens is 1. The first-order valence-electron chi connectivity index (χ1n) is 3.01. The van der Waals surface area contributed by atoms with Crippen LogP contribution in [0.4, 0.5) is 0 Å². The Hall–Kier alpha value is -0.480. The fraction of sp³-hybridized carbons (Fsp3) is 0.143. The van der Waals surface area contributed by atoms with E-state index in [1.54, 1.807) is 13.2 Å². The van der Waals surface area contributed by atoms with Crippen molar-refractivity contribution in [2.45, 2.75) is 0 Å². The molecule has 1 heterocycles. The Bertz CT molecular complexity index is 321. The van der Waals surface area contributed by atoms with Crippen molar-refractivity contribution in [2.75, 3.05) is 7.11 Å². The van der Waals surface area contributed by atoms with Crippen LogP contribution in [0.25, 0.3) is 0 Å². The SMILES string of the molecule is COc1cc(C#CSI)ncn1. The Morgan fingerprint density at radius 1 is 1.58 bits per heavy atom. The van der Waals surface area contributed by atoms with E-state index in [-0.39, 0.29) is 0 Å². The third-order valence-corrected chi connectivity index (χ3v) is 1.91. The zero-order chi connectivity index (χ0) is 8.81. The summed E-state index contributed by atoms with van der Waals surface area (Å²) in [6.07, 6.45) is 1.43. The first kappa shape index (κ1) is 9.61. The van der Waals surface area contributed by atoms with Crippen LogP contribution in [0.5, 0.6) is 5.88 Å². The molecule has 0 radical (unpaired) electrons. The van der Waals surface area contributed by atoms with Crippen molar-refractivity contribution in [1.82, 2.24) is 9.97 Å². The van der Waals surface area contributed by atoms with Gasteiger partial charge in [-0.1, -0.05) is 0 Å². The third-order valence-electron chi connectivity index (χ3n) is 1.07. The molecule has 0 saturated heterocycles. The Morgan fingerprint density at radius 2 is 2.42 bits per heavy atom. The van der Waals surface area contributed by atoms with E-state index in [1.165, 1.54) is 15.3 Å². The molecule has 0 N–H and O–H groups in total. The van der Waals surface area contributed by atoms with Gasteiger partial charge in [0.05, 0.1) is 7.11 Å². The first-order chi connectivity index (χ1) is 5.86. The lowest BCUT2D eigenvalue weighted by atomic mass is 10.4. The monoisotopic (exact) mass is 292 g/mol. The summed E-state index contributed by atoms with van der Waals surface area (Å²) in [5.41, 5.74) is 0.672. The maximum atomic E-state index is 4.91. The molecule has 0 aliphatic rings. The standard InChI is InChI=1S/C7H5IN2OS/c1-11-7-4-6(2-3-12-8)9-5-10-7/h4-5H,1H3. The van der Waals surface area contributed by atoms with E-state index in [4.69, 9.17) is 4.74 Å². The summed E-state index contributed by atoms with van der Waals surface area (Å²) in [5, 5.41) is 2.82. The molecular formula is C7H5IN2OS. The summed E-state index contributed by atoms with van der Waals surface area (Å²) in [7, 11) is 2.98. The van der Waals surface area contributed by atoms with Crippen LogP contribution in [0.2, 0.25) is 0 Å². The molecule has 0 amide bonds. The highest BCUT2D eigenvalue weighted by molar-refractivity contribution is 14.2. The number of nitrogens with zero attached hydrogens (tertiary/aromatic N) is 2. The summed E-state index contributed by atoms with van der Waals surface area (Å²) in [5.74, 6) is 3.38. The molecule has 12 heavy (non-hydrogen) atoms. The maximum absolute atomic E-state index is 4.91. The van der Waals surface area contributed by atoms with E-state index in [9.17, 15) is 0 Å². The van der Waals surface area contributed by atoms with Crippen LogP contribution in [-0.4, -0.2) is 17.1 Å². The van der Waals surface area contributed by atoms with Gasteiger partial charge in [0.2, 0.25) is 5.88 Å². The molecule has 0 spiro atoms. The number of hydrogen-bond acceptors (Lipinski definition) is 4. The molecule has 3 nitrogen and oxygen atoms in total. The zero-order valence-electron chi connectivity index (χ0n) is 6.24. The molecule has 0 unspecified atom stereocenters. The number of ether oxygens (including phenoxy) is 1. The fourth-order valence-corrected chi connectivity index (χ4v) is 1.06. The van der Waals surface area contributed by atoms with Gasteiger partial charge in [-0.25, -0.2) is 9.97 Å². The lowest BCUT2D eigenvalue weighted by Crippen LogP contribution is -1.90. The van der Waals surface area contributed by atoms with Crippen LogP contribution in [0.15, 0.2) is 12.4 Å². The maximum Gasteiger partial charge on any atom is 0.217 e. The minimum Gasteiger partial charge on any atom is -0.481 e. The molecule has 5 heteroatoms. The molecule has 1 aromatic heterocycles. The predicted octanol–water partition coefficient (Wildman–Crippen LogP) is 1.88. The van der Waals surface area contributed by atoms with Crippen molar-refractivity contribution in [3.8, 4) is 17.1 Å². The minimum absolute atomic E-state index is 0.535. The van der Waals surface area contributed by atoms with Gasteiger partial charge in [-0.2, -0.15) is 0 Å². The third kappa shape index (κ3) is 2.87. The molecule has 1 rings (SSSR count). The van der Waals surface area contributed by atoms with Crippen LogP contribution in [0.1, 0.15) is 5.69 Å². The van der Waals surface area contributed by atoms with Crippen molar-refractivity contribution < 1.29 is 4.74 Å². The van der Waals surface area contributed by atoms with Crippen molar-refractivity contribution in [3.63, 3.8) is 0 Å². The first-order valence-corrected chi connectivity index (χ1v) is 6.37. The Kier molecular flexibility index (Phi) is 4.18. The van der Waals surface area contributed by atoms with E-state index in [2.05, 4.69) is 42.3 Å². The van der Waals surface area contributed by atoms with Crippen LogP contribution in [0.3, 0.4) is 0 Å². The fourth-order valence-electron chi connectivity index (χ4n) is 0.591. The molecule has 62 valence electrons. The van der Waals surface area contributed by atoms with Gasteiger partial charge in [-0.3, -0.25) is 0 Å². The predicted molar refractivity (Wildman–Crippen MR) is 57.1 cm³/mol. The Balaban J connectivity index is 2.86. The summed E-state index contributed by atoms with van der Waals surface area (Å²) in [6, 6.07) is 1.69. The number of methoxy groups -OCH3 is 1. The second kappa shape index (κ2) is 5.22. The van der Waals surface area contributed by atoms with Crippen molar-refractivity contribution in [3.05, 3.63) is 18.1 Å². The summed E-state index contributed by atoms with van der Waals surface area (Å²) in [6.45, 7) is 0. The quantitative estimate of drug-likeness (QED) is 0.585. The van der Waals surface area contributed by atoms with Gasteiger partial charge >= 0.3 is 0 Å². The lowest BCUT2D eigenvalue weighted by Gasteiger charge is -1.95. The average molecular weight is 292 g/mol. The van der Waals surface area contributed by atoms with Gasteiger partial charge in [-0.15, -0.1) is 0 Å². The van der Waals surface area contributed by atoms with Gasteiger partial charge in [-0.05, 0) is 20.1 Å². The molecule has 0 aliphatic carbocycles. The van der Waals surface area contributed by atoms with E-state index in [0.29, 0.717) is 11.6 Å². The van der Waals surface area contributed by atoms with Crippen molar-refractivity contribution >= 4 is 30.1 Å². The highest BCUT2D eigenvalue weighted by Crippen LogP contribution is 2.09. The normalized spacial score (nSPS) is 8.50. The molecule has 0 saturated carbocycles. The summed E-state index contributed by atoms with van der Waals surface area (Å²) in [4.78, 5) is 7.80. The molecule has 0 aromatic carbocycles. The van der Waals surface area contributed by atoms with Crippen LogP contribution >= 0.6 is 30.1 Å². The van der Waals surface area contributed by atoms with Gasteiger partial charge in [0.15, 0.2) is 0 Å². The second-order valence-electron chi connectivity index (χ2n) is 1.75. The van der Waals surface area contributed by atoms with Crippen LogP contribution < -0.4 is 4.74 Å².